The van der Waals surface area contributed by atoms with Crippen LogP contribution in [0.3, 0.4) is 0 Å². The minimum atomic E-state index is -0.708. The average Bonchev–Trinajstić information content (AvgIpc) is 2.58. The van der Waals surface area contributed by atoms with Gasteiger partial charge in [0.25, 0.3) is 5.91 Å². The monoisotopic (exact) mass is 386 g/mol. The number of hydrogen-bond donors (Lipinski definition) is 2. The van der Waals surface area contributed by atoms with Gasteiger partial charge in [0.05, 0.1) is 0 Å². The number of benzene rings is 1. The number of anilines is 1. The number of carbonyl (C=O) groups excluding carboxylic acids is 2. The zero-order valence-corrected chi connectivity index (χ0v) is 17.5. The minimum absolute atomic E-state index is 0.120. The fourth-order valence-electron chi connectivity index (χ4n) is 2.49. The molecule has 3 N–H and O–H groups in total. The van der Waals surface area contributed by atoms with Crippen LogP contribution in [0.2, 0.25) is 0 Å². The van der Waals surface area contributed by atoms with E-state index in [0.717, 1.165) is 16.0 Å². The number of nitriles is 1. The van der Waals surface area contributed by atoms with E-state index in [1.807, 2.05) is 45.0 Å². The summed E-state index contributed by atoms with van der Waals surface area (Å²) in [6, 6.07) is 7.60. The first kappa shape index (κ1) is 23.2. The van der Waals surface area contributed by atoms with Crippen molar-refractivity contribution < 1.29 is 14.3 Å². The molecule has 0 saturated heterocycles. The van der Waals surface area contributed by atoms with Crippen molar-refractivity contribution >= 4 is 17.7 Å². The minimum Gasteiger partial charge on any atom is -0.443 e. The van der Waals surface area contributed by atoms with Gasteiger partial charge < -0.3 is 15.8 Å². The summed E-state index contributed by atoms with van der Waals surface area (Å²) in [5.74, 6) is -0.399. The summed E-state index contributed by atoms with van der Waals surface area (Å²) in [7, 11) is 0. The second-order valence-corrected chi connectivity index (χ2v) is 7.76. The van der Waals surface area contributed by atoms with Gasteiger partial charge in [0, 0.05) is 25.0 Å². The molecule has 0 aromatic heterocycles. The van der Waals surface area contributed by atoms with Gasteiger partial charge >= 0.3 is 6.09 Å². The number of ether oxygens (including phenoxy) is 1. The Balaban J connectivity index is 3.16. The van der Waals surface area contributed by atoms with Crippen molar-refractivity contribution in [2.75, 3.05) is 18.4 Å². The molecule has 0 spiro atoms. The number of nitrogens with one attached hydrogen (secondary N) is 1. The lowest BCUT2D eigenvalue weighted by atomic mass is 9.98. The lowest BCUT2D eigenvalue weighted by molar-refractivity contribution is -0.112. The van der Waals surface area contributed by atoms with Crippen LogP contribution < -0.4 is 11.1 Å². The van der Waals surface area contributed by atoms with Crippen LogP contribution in [0.5, 0.6) is 0 Å². The molecule has 0 radical (unpaired) electrons. The Morgan fingerprint density at radius 3 is 2.50 bits per heavy atom. The maximum atomic E-state index is 12.7. The van der Waals surface area contributed by atoms with Gasteiger partial charge in [-0.2, -0.15) is 5.26 Å². The molecular formula is C21H30N4O3. The van der Waals surface area contributed by atoms with Crippen molar-refractivity contribution in [3.63, 3.8) is 0 Å². The molecule has 0 aliphatic heterocycles. The molecule has 0 fully saturated rings. The molecule has 7 nitrogen and oxygen atoms in total. The van der Waals surface area contributed by atoms with Crippen LogP contribution in [0.1, 0.15) is 51.7 Å². The summed E-state index contributed by atoms with van der Waals surface area (Å²) in [6.07, 6.45) is 0.515. The second kappa shape index (κ2) is 9.90. The van der Waals surface area contributed by atoms with Crippen molar-refractivity contribution in [1.29, 1.82) is 5.26 Å². The first-order valence-corrected chi connectivity index (χ1v) is 9.22. The average molecular weight is 386 g/mol. The first-order valence-electron chi connectivity index (χ1n) is 9.22. The molecular weight excluding hydrogens is 356 g/mol. The van der Waals surface area contributed by atoms with Crippen LogP contribution in [-0.4, -0.2) is 35.6 Å². The van der Waals surface area contributed by atoms with E-state index in [9.17, 15) is 14.9 Å². The number of rotatable bonds is 6. The van der Waals surface area contributed by atoms with Crippen molar-refractivity contribution in [1.82, 2.24) is 4.90 Å². The Bertz CT molecular complexity index is 786. The Kier molecular flexibility index (Phi) is 8.20. The predicted molar refractivity (Wildman–Crippen MR) is 110 cm³/mol. The summed E-state index contributed by atoms with van der Waals surface area (Å²) in [4.78, 5) is 26.2. The van der Waals surface area contributed by atoms with Crippen LogP contribution in [0, 0.1) is 18.3 Å². The Labute approximate surface area is 167 Å². The lowest BCUT2D eigenvalue weighted by Gasteiger charge is -2.25. The summed E-state index contributed by atoms with van der Waals surface area (Å²) < 4.78 is 5.31. The molecule has 0 unspecified atom stereocenters. The van der Waals surface area contributed by atoms with Crippen LogP contribution in [-0.2, 0) is 9.53 Å². The van der Waals surface area contributed by atoms with E-state index in [-0.39, 0.29) is 24.6 Å². The molecule has 0 aliphatic rings. The number of hydrogen-bond acceptors (Lipinski definition) is 5. The van der Waals surface area contributed by atoms with Gasteiger partial charge in [-0.05, 0) is 44.7 Å². The molecule has 7 heteroatoms. The van der Waals surface area contributed by atoms with Crippen molar-refractivity contribution in [3.05, 3.63) is 41.1 Å². The Hall–Kier alpha value is -2.85. The standard InChI is InChI=1S/C21H30N4O3/c1-14(2)17-9-7-8-15(3)18(17)24-19(26)16(12-23)13-25(11-10-22)20(27)28-21(4,5)6/h7-9,13-14H,10-11,22H2,1-6H3,(H,24,26)/b16-13-. The maximum absolute atomic E-state index is 12.7. The fraction of sp³-hybridized carbons (Fsp3) is 0.476. The van der Waals surface area contributed by atoms with Gasteiger partial charge in [-0.15, -0.1) is 0 Å². The molecule has 1 rings (SSSR count). The first-order chi connectivity index (χ1) is 13.0. The van der Waals surface area contributed by atoms with Crippen molar-refractivity contribution in [3.8, 4) is 6.07 Å². The number of nitrogens with zero attached hydrogens (tertiary/aromatic N) is 2. The molecule has 152 valence electrons. The van der Waals surface area contributed by atoms with Crippen molar-refractivity contribution in [2.24, 2.45) is 5.73 Å². The van der Waals surface area contributed by atoms with Crippen LogP contribution in [0.15, 0.2) is 30.0 Å². The van der Waals surface area contributed by atoms with E-state index in [4.69, 9.17) is 10.5 Å². The molecule has 0 aliphatic carbocycles. The van der Waals surface area contributed by atoms with Gasteiger partial charge in [0.1, 0.15) is 17.2 Å². The molecule has 1 aromatic rings. The highest BCUT2D eigenvalue weighted by Gasteiger charge is 2.23. The van der Waals surface area contributed by atoms with E-state index in [1.165, 1.54) is 6.20 Å². The summed E-state index contributed by atoms with van der Waals surface area (Å²) in [5.41, 5.74) is 7.17. The molecule has 2 amide bonds. The zero-order chi connectivity index (χ0) is 21.5. The quantitative estimate of drug-likeness (QED) is 0.573. The van der Waals surface area contributed by atoms with Gasteiger partial charge in [0.2, 0.25) is 0 Å². The number of para-hydroxylation sites is 1. The predicted octanol–water partition coefficient (Wildman–Crippen LogP) is 3.66. The number of carbonyl (C=O) groups is 2. The Morgan fingerprint density at radius 2 is 2.00 bits per heavy atom. The molecule has 0 atom stereocenters. The topological polar surface area (TPSA) is 108 Å². The summed E-state index contributed by atoms with van der Waals surface area (Å²) in [5, 5.41) is 12.3. The third-order valence-electron chi connectivity index (χ3n) is 3.81. The van der Waals surface area contributed by atoms with Crippen LogP contribution >= 0.6 is 0 Å². The highest BCUT2D eigenvalue weighted by Crippen LogP contribution is 2.27. The zero-order valence-electron chi connectivity index (χ0n) is 17.5. The third-order valence-corrected chi connectivity index (χ3v) is 3.81. The van der Waals surface area contributed by atoms with Crippen LogP contribution in [0.25, 0.3) is 0 Å². The fourth-order valence-corrected chi connectivity index (χ4v) is 2.49. The SMILES string of the molecule is Cc1cccc(C(C)C)c1NC(=O)/C(C#N)=C\N(CCN)C(=O)OC(C)(C)C. The summed E-state index contributed by atoms with van der Waals surface area (Å²) >= 11 is 0. The lowest BCUT2D eigenvalue weighted by Crippen LogP contribution is -2.37. The molecule has 0 bridgehead atoms. The van der Waals surface area contributed by atoms with Crippen LogP contribution in [0.4, 0.5) is 10.5 Å². The number of nitrogens with two attached hydrogens (primary N) is 1. The van der Waals surface area contributed by atoms with E-state index >= 15 is 0 Å². The second-order valence-electron chi connectivity index (χ2n) is 7.76. The Morgan fingerprint density at radius 1 is 1.36 bits per heavy atom. The molecule has 0 heterocycles. The number of amides is 2. The summed E-state index contributed by atoms with van der Waals surface area (Å²) in [6.45, 7) is 11.4. The number of aryl methyl sites for hydroxylation is 1. The van der Waals surface area contributed by atoms with E-state index in [1.54, 1.807) is 20.8 Å². The van der Waals surface area contributed by atoms with Gasteiger partial charge in [0.15, 0.2) is 0 Å². The highest BCUT2D eigenvalue weighted by atomic mass is 16.6. The normalized spacial score (nSPS) is 11.8. The maximum Gasteiger partial charge on any atom is 0.414 e. The van der Waals surface area contributed by atoms with E-state index < -0.39 is 17.6 Å². The third kappa shape index (κ3) is 6.71. The van der Waals surface area contributed by atoms with Crippen molar-refractivity contribution in [2.45, 2.75) is 53.1 Å². The van der Waals surface area contributed by atoms with E-state index in [2.05, 4.69) is 5.32 Å². The highest BCUT2D eigenvalue weighted by molar-refractivity contribution is 6.07. The van der Waals surface area contributed by atoms with Gasteiger partial charge in [-0.1, -0.05) is 32.0 Å². The largest absolute Gasteiger partial charge is 0.443 e. The van der Waals surface area contributed by atoms with E-state index in [0.29, 0.717) is 5.69 Å². The van der Waals surface area contributed by atoms with Gasteiger partial charge in [-0.25, -0.2) is 4.79 Å². The molecule has 1 aromatic carbocycles. The smallest absolute Gasteiger partial charge is 0.414 e. The molecule has 28 heavy (non-hydrogen) atoms. The molecule has 0 saturated carbocycles. The van der Waals surface area contributed by atoms with Gasteiger partial charge in [-0.3, -0.25) is 9.69 Å².